The molecule has 0 aliphatic carbocycles. The molecular formula is C23H33N7O2. The minimum absolute atomic E-state index is 0.210. The lowest BCUT2D eigenvalue weighted by Gasteiger charge is -2.25. The maximum Gasteiger partial charge on any atom is 0.320 e. The highest BCUT2D eigenvalue weighted by Crippen LogP contribution is 2.10. The van der Waals surface area contributed by atoms with Crippen molar-refractivity contribution in [2.24, 2.45) is 5.73 Å². The van der Waals surface area contributed by atoms with Crippen molar-refractivity contribution in [3.63, 3.8) is 0 Å². The van der Waals surface area contributed by atoms with Crippen molar-refractivity contribution in [2.45, 2.75) is 65.3 Å². The highest BCUT2D eigenvalue weighted by atomic mass is 16.4. The number of aromatic nitrogens is 5. The van der Waals surface area contributed by atoms with Gasteiger partial charge in [0.25, 0.3) is 0 Å². The van der Waals surface area contributed by atoms with Crippen molar-refractivity contribution in [3.05, 3.63) is 72.1 Å². The molecule has 0 saturated carbocycles. The van der Waals surface area contributed by atoms with Crippen LogP contribution in [0.5, 0.6) is 0 Å². The summed E-state index contributed by atoms with van der Waals surface area (Å²) in [6.07, 6.45) is 5.61. The van der Waals surface area contributed by atoms with E-state index in [1.54, 1.807) is 10.9 Å². The zero-order chi connectivity index (χ0) is 23.5. The van der Waals surface area contributed by atoms with Gasteiger partial charge in [0.15, 0.2) is 0 Å². The number of hydrogen-bond acceptors (Lipinski definition) is 7. The highest BCUT2D eigenvalue weighted by Gasteiger charge is 2.15. The van der Waals surface area contributed by atoms with Gasteiger partial charge in [0, 0.05) is 50.2 Å². The molecule has 9 heteroatoms. The van der Waals surface area contributed by atoms with E-state index < -0.39 is 12.0 Å². The van der Waals surface area contributed by atoms with Crippen molar-refractivity contribution < 1.29 is 9.90 Å². The van der Waals surface area contributed by atoms with Gasteiger partial charge in [-0.1, -0.05) is 17.3 Å². The zero-order valence-corrected chi connectivity index (χ0v) is 19.2. The molecule has 0 amide bonds. The Morgan fingerprint density at radius 3 is 1.94 bits per heavy atom. The first-order valence-corrected chi connectivity index (χ1v) is 10.7. The molecule has 0 spiro atoms. The van der Waals surface area contributed by atoms with Gasteiger partial charge in [-0.3, -0.25) is 19.7 Å². The predicted octanol–water partition coefficient (Wildman–Crippen LogP) is 2.70. The van der Waals surface area contributed by atoms with Crippen molar-refractivity contribution >= 4 is 5.97 Å². The number of aliphatic carboxylic acids is 1. The van der Waals surface area contributed by atoms with E-state index in [9.17, 15) is 4.79 Å². The number of hydrogen-bond donors (Lipinski definition) is 2. The van der Waals surface area contributed by atoms with Gasteiger partial charge in [0.2, 0.25) is 0 Å². The fraction of sp³-hybridized carbons (Fsp3) is 0.435. The van der Waals surface area contributed by atoms with Crippen LogP contribution in [0.4, 0.5) is 0 Å². The fourth-order valence-electron chi connectivity index (χ4n) is 2.79. The van der Waals surface area contributed by atoms with E-state index in [0.29, 0.717) is 11.7 Å². The Morgan fingerprint density at radius 2 is 1.56 bits per heavy atom. The molecule has 1 unspecified atom stereocenters. The molecule has 0 fully saturated rings. The third-order valence-electron chi connectivity index (χ3n) is 4.75. The molecular weight excluding hydrogens is 406 g/mol. The summed E-state index contributed by atoms with van der Waals surface area (Å²) in [4.78, 5) is 21.6. The van der Waals surface area contributed by atoms with E-state index in [2.05, 4.69) is 51.2 Å². The molecule has 9 nitrogen and oxygen atoms in total. The molecule has 0 saturated heterocycles. The van der Waals surface area contributed by atoms with E-state index >= 15 is 0 Å². The average Bonchev–Trinajstić information content (AvgIpc) is 3.24. The molecule has 0 aliphatic rings. The molecule has 3 aromatic heterocycles. The molecule has 0 radical (unpaired) electrons. The molecule has 3 N–H and O–H groups in total. The Labute approximate surface area is 189 Å². The van der Waals surface area contributed by atoms with Crippen LogP contribution < -0.4 is 5.73 Å². The average molecular weight is 440 g/mol. The second kappa shape index (κ2) is 12.6. The van der Waals surface area contributed by atoms with Gasteiger partial charge in [-0.15, -0.1) is 5.10 Å². The first-order valence-electron chi connectivity index (χ1n) is 10.7. The van der Waals surface area contributed by atoms with Crippen LogP contribution in [0.15, 0.2) is 55.0 Å². The summed E-state index contributed by atoms with van der Waals surface area (Å²) >= 11 is 0. The van der Waals surface area contributed by atoms with Gasteiger partial charge >= 0.3 is 5.97 Å². The molecule has 172 valence electrons. The SMILES string of the molecule is CC(C)N(Cc1ccccn1)Cc1ccccn1.CC(C)n1cc(CC(N)C(=O)O)nn1. The van der Waals surface area contributed by atoms with Crippen molar-refractivity contribution in [1.82, 2.24) is 29.9 Å². The number of nitrogens with two attached hydrogens (primary N) is 1. The van der Waals surface area contributed by atoms with Gasteiger partial charge < -0.3 is 10.8 Å². The summed E-state index contributed by atoms with van der Waals surface area (Å²) in [7, 11) is 0. The molecule has 0 bridgehead atoms. The Morgan fingerprint density at radius 1 is 1.00 bits per heavy atom. The van der Waals surface area contributed by atoms with Crippen LogP contribution in [0, 0.1) is 0 Å². The van der Waals surface area contributed by atoms with Crippen LogP contribution in [-0.2, 0) is 24.3 Å². The quantitative estimate of drug-likeness (QED) is 0.522. The van der Waals surface area contributed by atoms with Crippen LogP contribution in [-0.4, -0.2) is 53.0 Å². The van der Waals surface area contributed by atoms with Gasteiger partial charge in [0.05, 0.1) is 17.1 Å². The standard InChI is InChI=1S/C15H19N3.C8H14N4O2/c1-13(2)18(11-14-7-3-5-9-16-14)12-15-8-4-6-10-17-15;1-5(2)12-4-6(10-11-12)3-7(9)8(13)14/h3-10,13H,11-12H2,1-2H3;4-5,7H,3,9H2,1-2H3,(H,13,14). The molecule has 1 atom stereocenters. The molecule has 0 aliphatic heterocycles. The Kier molecular flexibility index (Phi) is 9.90. The summed E-state index contributed by atoms with van der Waals surface area (Å²) in [5.74, 6) is -1.02. The maximum absolute atomic E-state index is 10.5. The van der Waals surface area contributed by atoms with Crippen LogP contribution in [0.1, 0.15) is 50.8 Å². The molecule has 3 rings (SSSR count). The maximum atomic E-state index is 10.5. The normalized spacial score (nSPS) is 12.0. The number of rotatable bonds is 9. The number of carboxylic acid groups (broad SMARTS) is 1. The largest absolute Gasteiger partial charge is 0.480 e. The third kappa shape index (κ3) is 8.52. The molecule has 3 heterocycles. The van der Waals surface area contributed by atoms with Gasteiger partial charge in [-0.2, -0.15) is 0 Å². The second-order valence-corrected chi connectivity index (χ2v) is 8.07. The van der Waals surface area contributed by atoms with E-state index in [-0.39, 0.29) is 12.5 Å². The van der Waals surface area contributed by atoms with Gasteiger partial charge in [-0.25, -0.2) is 4.68 Å². The van der Waals surface area contributed by atoms with Crippen LogP contribution in [0.25, 0.3) is 0 Å². The second-order valence-electron chi connectivity index (χ2n) is 8.07. The van der Waals surface area contributed by atoms with Gasteiger partial charge in [-0.05, 0) is 52.0 Å². The van der Waals surface area contributed by atoms with E-state index in [4.69, 9.17) is 10.8 Å². The van der Waals surface area contributed by atoms with Crippen LogP contribution in [0.2, 0.25) is 0 Å². The Bertz CT molecular complexity index is 888. The van der Waals surface area contributed by atoms with Crippen molar-refractivity contribution in [2.75, 3.05) is 0 Å². The fourth-order valence-corrected chi connectivity index (χ4v) is 2.79. The first-order chi connectivity index (χ1) is 15.3. The smallest absolute Gasteiger partial charge is 0.320 e. The van der Waals surface area contributed by atoms with Crippen LogP contribution >= 0.6 is 0 Å². The van der Waals surface area contributed by atoms with Crippen molar-refractivity contribution in [1.29, 1.82) is 0 Å². The monoisotopic (exact) mass is 439 g/mol. The van der Waals surface area contributed by atoms with E-state index in [1.807, 2.05) is 50.5 Å². The number of carboxylic acids is 1. The summed E-state index contributed by atoms with van der Waals surface area (Å²) in [5.41, 5.74) is 8.16. The summed E-state index contributed by atoms with van der Waals surface area (Å²) < 4.78 is 1.67. The molecule has 0 aromatic carbocycles. The topological polar surface area (TPSA) is 123 Å². The molecule has 3 aromatic rings. The highest BCUT2D eigenvalue weighted by molar-refractivity contribution is 5.73. The number of carbonyl (C=O) groups is 1. The molecule has 32 heavy (non-hydrogen) atoms. The van der Waals surface area contributed by atoms with E-state index in [0.717, 1.165) is 24.5 Å². The lowest BCUT2D eigenvalue weighted by molar-refractivity contribution is -0.138. The summed E-state index contributed by atoms with van der Waals surface area (Å²) in [5, 5.41) is 16.3. The Hall–Kier alpha value is -3.17. The minimum atomic E-state index is -1.02. The first kappa shape index (κ1) is 25.1. The lowest BCUT2D eigenvalue weighted by atomic mass is 10.2. The van der Waals surface area contributed by atoms with Crippen LogP contribution in [0.3, 0.4) is 0 Å². The lowest BCUT2D eigenvalue weighted by Crippen LogP contribution is -2.32. The summed E-state index contributed by atoms with van der Waals surface area (Å²) in [6.45, 7) is 10.0. The summed E-state index contributed by atoms with van der Waals surface area (Å²) in [6, 6.07) is 11.9. The number of nitrogens with zero attached hydrogens (tertiary/aromatic N) is 6. The Balaban J connectivity index is 0.000000235. The number of pyridine rings is 2. The van der Waals surface area contributed by atoms with Gasteiger partial charge in [0.1, 0.15) is 6.04 Å². The minimum Gasteiger partial charge on any atom is -0.480 e. The predicted molar refractivity (Wildman–Crippen MR) is 123 cm³/mol. The third-order valence-corrected chi connectivity index (χ3v) is 4.75. The van der Waals surface area contributed by atoms with Crippen molar-refractivity contribution in [3.8, 4) is 0 Å². The van der Waals surface area contributed by atoms with E-state index in [1.165, 1.54) is 0 Å². The zero-order valence-electron chi connectivity index (χ0n) is 19.2.